The van der Waals surface area contributed by atoms with Crippen molar-refractivity contribution in [3.63, 3.8) is 0 Å². The van der Waals surface area contributed by atoms with Crippen molar-refractivity contribution in [2.45, 2.75) is 24.8 Å². The molecule has 1 saturated heterocycles. The summed E-state index contributed by atoms with van der Waals surface area (Å²) in [6.45, 7) is 1.31. The third-order valence-electron chi connectivity index (χ3n) is 5.72. The average Bonchev–Trinajstić information content (AvgIpc) is 3.16. The van der Waals surface area contributed by atoms with Crippen molar-refractivity contribution < 1.29 is 14.0 Å². The Morgan fingerprint density at radius 2 is 1.88 bits per heavy atom. The first kappa shape index (κ1) is 21.5. The maximum Gasteiger partial charge on any atom is 0.325 e. The Bertz CT molecular complexity index is 1270. The van der Waals surface area contributed by atoms with Crippen LogP contribution in [-0.4, -0.2) is 51.9 Å². The summed E-state index contributed by atoms with van der Waals surface area (Å²) in [5, 5.41) is 9.45. The van der Waals surface area contributed by atoms with Gasteiger partial charge in [-0.15, -0.1) is 0 Å². The lowest BCUT2D eigenvalue weighted by Gasteiger charge is -2.36. The number of piperidine rings is 1. The van der Waals surface area contributed by atoms with Crippen LogP contribution in [-0.2, 0) is 11.2 Å². The van der Waals surface area contributed by atoms with Gasteiger partial charge in [0.05, 0.1) is 0 Å². The van der Waals surface area contributed by atoms with Gasteiger partial charge in [-0.05, 0) is 56.1 Å². The van der Waals surface area contributed by atoms with Gasteiger partial charge in [-0.1, -0.05) is 0 Å². The number of carbonyl (C=O) groups is 2. The molecule has 168 valence electrons. The number of rotatable bonds is 6. The van der Waals surface area contributed by atoms with E-state index in [1.165, 1.54) is 12.1 Å². The highest BCUT2D eigenvalue weighted by molar-refractivity contribution is 5.99. The van der Waals surface area contributed by atoms with Gasteiger partial charge in [-0.3, -0.25) is 19.4 Å². The molecule has 10 nitrogen and oxygen atoms in total. The Labute approximate surface area is 181 Å². The molecule has 0 aliphatic carbocycles. The highest BCUT2D eigenvalue weighted by Crippen LogP contribution is 2.21. The summed E-state index contributed by atoms with van der Waals surface area (Å²) in [6, 6.07) is 4.48. The van der Waals surface area contributed by atoms with Crippen molar-refractivity contribution in [2.24, 2.45) is 0 Å². The SMILES string of the molecule is O=C(NC1(C(=O)NCCc2c[nH]c3ccc(F)cc23)CCNCC1)c1c[nH]c(=O)[nH]c1=O. The van der Waals surface area contributed by atoms with Gasteiger partial charge in [0, 0.05) is 29.8 Å². The molecule has 0 spiro atoms. The molecule has 0 saturated carbocycles. The molecular weight excluding hydrogens is 419 g/mol. The van der Waals surface area contributed by atoms with Gasteiger partial charge >= 0.3 is 5.69 Å². The number of benzene rings is 1. The highest BCUT2D eigenvalue weighted by Gasteiger charge is 2.41. The second-order valence-electron chi connectivity index (χ2n) is 7.78. The van der Waals surface area contributed by atoms with Crippen LogP contribution in [0.5, 0.6) is 0 Å². The summed E-state index contributed by atoms with van der Waals surface area (Å²) >= 11 is 0. The molecule has 2 amide bonds. The van der Waals surface area contributed by atoms with Crippen molar-refractivity contribution in [3.8, 4) is 0 Å². The van der Waals surface area contributed by atoms with Gasteiger partial charge in [0.15, 0.2) is 0 Å². The second-order valence-corrected chi connectivity index (χ2v) is 7.78. The lowest BCUT2D eigenvalue weighted by atomic mass is 9.86. The van der Waals surface area contributed by atoms with E-state index in [0.717, 1.165) is 22.7 Å². The van der Waals surface area contributed by atoms with E-state index < -0.39 is 22.7 Å². The molecule has 1 aliphatic rings. The lowest BCUT2D eigenvalue weighted by Crippen LogP contribution is -2.63. The minimum atomic E-state index is -1.20. The summed E-state index contributed by atoms with van der Waals surface area (Å²) in [5.74, 6) is -1.44. The normalized spacial score (nSPS) is 15.4. The van der Waals surface area contributed by atoms with Crippen molar-refractivity contribution in [1.82, 2.24) is 30.9 Å². The molecule has 32 heavy (non-hydrogen) atoms. The summed E-state index contributed by atoms with van der Waals surface area (Å²) in [4.78, 5) is 56.3. The second kappa shape index (κ2) is 8.79. The van der Waals surface area contributed by atoms with Crippen LogP contribution in [0.4, 0.5) is 4.39 Å². The largest absolute Gasteiger partial charge is 0.361 e. The average molecular weight is 442 g/mol. The molecule has 6 N–H and O–H groups in total. The zero-order chi connectivity index (χ0) is 22.7. The fourth-order valence-electron chi connectivity index (χ4n) is 3.96. The molecule has 11 heteroatoms. The van der Waals surface area contributed by atoms with Crippen LogP contribution in [0.1, 0.15) is 28.8 Å². The number of hydrogen-bond acceptors (Lipinski definition) is 5. The standard InChI is InChI=1S/C21H23FN6O4/c22-13-1-2-16-14(9-13)12(10-25-16)3-6-24-19(31)21(4-7-23-8-5-21)28-18(30)15-11-26-20(32)27-17(15)29/h1-2,9-11,23,25H,3-8H2,(H,24,31)(H,28,30)(H2,26,27,29,32). The molecule has 4 rings (SSSR count). The van der Waals surface area contributed by atoms with Crippen molar-refractivity contribution >= 4 is 22.7 Å². The third kappa shape index (κ3) is 4.33. The first-order valence-electron chi connectivity index (χ1n) is 10.3. The zero-order valence-electron chi connectivity index (χ0n) is 17.1. The van der Waals surface area contributed by atoms with Crippen LogP contribution in [0.2, 0.25) is 0 Å². The van der Waals surface area contributed by atoms with Gasteiger partial charge < -0.3 is 25.9 Å². The summed E-state index contributed by atoms with van der Waals surface area (Å²) < 4.78 is 13.6. The Hall–Kier alpha value is -3.73. The van der Waals surface area contributed by atoms with Gasteiger partial charge in [-0.2, -0.15) is 0 Å². The van der Waals surface area contributed by atoms with Crippen LogP contribution in [0.25, 0.3) is 10.9 Å². The minimum absolute atomic E-state index is 0.281. The number of carbonyl (C=O) groups excluding carboxylic acids is 2. The molecule has 0 atom stereocenters. The first-order chi connectivity index (χ1) is 15.4. The van der Waals surface area contributed by atoms with E-state index in [1.54, 1.807) is 12.3 Å². The van der Waals surface area contributed by atoms with Gasteiger partial charge in [0.25, 0.3) is 11.5 Å². The number of aromatic amines is 3. The van der Waals surface area contributed by atoms with Gasteiger partial charge in [0.1, 0.15) is 16.9 Å². The van der Waals surface area contributed by atoms with Crippen molar-refractivity contribution in [3.05, 3.63) is 68.4 Å². The number of amides is 2. The van der Waals surface area contributed by atoms with Crippen molar-refractivity contribution in [2.75, 3.05) is 19.6 Å². The molecule has 3 heterocycles. The van der Waals surface area contributed by atoms with Crippen LogP contribution >= 0.6 is 0 Å². The predicted octanol–water partition coefficient (Wildman–Crippen LogP) is -0.105. The number of aromatic nitrogens is 3. The Balaban J connectivity index is 1.46. The van der Waals surface area contributed by atoms with Crippen LogP contribution in [0.15, 0.2) is 40.2 Å². The molecule has 1 aliphatic heterocycles. The lowest BCUT2D eigenvalue weighted by molar-refractivity contribution is -0.128. The van der Waals surface area contributed by atoms with E-state index >= 15 is 0 Å². The molecule has 1 aromatic carbocycles. The van der Waals surface area contributed by atoms with Crippen LogP contribution in [0.3, 0.4) is 0 Å². The number of nitrogens with one attached hydrogen (secondary N) is 6. The molecule has 0 radical (unpaired) electrons. The number of fused-ring (bicyclic) bond motifs is 1. The molecule has 2 aromatic heterocycles. The fraction of sp³-hybridized carbons (Fsp3) is 0.333. The molecule has 1 fully saturated rings. The maximum atomic E-state index is 13.6. The monoisotopic (exact) mass is 442 g/mol. The topological polar surface area (TPSA) is 152 Å². The smallest absolute Gasteiger partial charge is 0.325 e. The Morgan fingerprint density at radius 1 is 1.09 bits per heavy atom. The van der Waals surface area contributed by atoms with E-state index in [9.17, 15) is 23.6 Å². The molecule has 0 unspecified atom stereocenters. The number of H-pyrrole nitrogens is 3. The van der Waals surface area contributed by atoms with Gasteiger partial charge in [-0.25, -0.2) is 9.18 Å². The maximum absolute atomic E-state index is 13.6. The van der Waals surface area contributed by atoms with E-state index in [1.807, 2.05) is 4.98 Å². The zero-order valence-corrected chi connectivity index (χ0v) is 17.1. The van der Waals surface area contributed by atoms with Gasteiger partial charge in [0.2, 0.25) is 5.91 Å². The summed E-state index contributed by atoms with van der Waals surface area (Å²) in [6.07, 6.45) is 3.95. The van der Waals surface area contributed by atoms with Crippen LogP contribution < -0.4 is 27.2 Å². The van der Waals surface area contributed by atoms with Crippen LogP contribution in [0, 0.1) is 5.82 Å². The Kier molecular flexibility index (Phi) is 5.91. The minimum Gasteiger partial charge on any atom is -0.361 e. The quantitative estimate of drug-likeness (QED) is 0.315. The highest BCUT2D eigenvalue weighted by atomic mass is 19.1. The summed E-state index contributed by atoms with van der Waals surface area (Å²) in [7, 11) is 0. The third-order valence-corrected chi connectivity index (χ3v) is 5.72. The van der Waals surface area contributed by atoms with E-state index in [2.05, 4.69) is 25.9 Å². The molecule has 0 bridgehead atoms. The number of hydrogen-bond donors (Lipinski definition) is 6. The first-order valence-corrected chi connectivity index (χ1v) is 10.3. The van der Waals surface area contributed by atoms with E-state index in [-0.39, 0.29) is 23.8 Å². The summed E-state index contributed by atoms with van der Waals surface area (Å²) in [5.41, 5.74) is -1.36. The predicted molar refractivity (Wildman–Crippen MR) is 115 cm³/mol. The number of halogens is 1. The van der Waals surface area contributed by atoms with E-state index in [0.29, 0.717) is 32.4 Å². The molecular formula is C21H23FN6O4. The Morgan fingerprint density at radius 3 is 2.62 bits per heavy atom. The van der Waals surface area contributed by atoms with E-state index in [4.69, 9.17) is 0 Å². The molecule has 3 aromatic rings. The van der Waals surface area contributed by atoms with Crippen molar-refractivity contribution in [1.29, 1.82) is 0 Å². The fourth-order valence-corrected chi connectivity index (χ4v) is 3.96.